The van der Waals surface area contributed by atoms with E-state index < -0.39 is 10.0 Å². The Kier molecular flexibility index (Phi) is 6.69. The van der Waals surface area contributed by atoms with Gasteiger partial charge in [0, 0.05) is 25.5 Å². The number of hydrogen-bond donors (Lipinski definition) is 1. The highest BCUT2D eigenvalue weighted by Gasteiger charge is 2.31. The molecule has 0 saturated heterocycles. The van der Waals surface area contributed by atoms with Crippen molar-refractivity contribution in [1.82, 2.24) is 9.21 Å². The summed E-state index contributed by atoms with van der Waals surface area (Å²) in [5, 5.41) is 5.19. The van der Waals surface area contributed by atoms with Crippen LogP contribution in [-0.2, 0) is 21.2 Å². The molecule has 0 bridgehead atoms. The first-order chi connectivity index (χ1) is 15.3. The van der Waals surface area contributed by atoms with Gasteiger partial charge >= 0.3 is 0 Å². The summed E-state index contributed by atoms with van der Waals surface area (Å²) >= 11 is 8.00. The lowest BCUT2D eigenvalue weighted by molar-refractivity contribution is -0.117. The topological polar surface area (TPSA) is 69.7 Å². The molecule has 1 aromatic heterocycles. The smallest absolute Gasteiger partial charge is 0.242 e. The second-order valence-electron chi connectivity index (χ2n) is 7.81. The monoisotopic (exact) mass is 489 g/mol. The molecule has 1 atom stereocenters. The van der Waals surface area contributed by atoms with Gasteiger partial charge in [-0.05, 0) is 47.2 Å². The Labute approximate surface area is 197 Å². The van der Waals surface area contributed by atoms with E-state index in [0.717, 1.165) is 22.8 Å². The molecule has 3 aromatic rings. The maximum absolute atomic E-state index is 13.0. The number of amides is 1. The summed E-state index contributed by atoms with van der Waals surface area (Å²) < 4.78 is 26.0. The molecule has 0 unspecified atom stereocenters. The van der Waals surface area contributed by atoms with Crippen LogP contribution in [0.4, 0.5) is 5.69 Å². The maximum Gasteiger partial charge on any atom is 0.242 e. The third kappa shape index (κ3) is 4.60. The normalized spacial score (nSPS) is 16.7. The number of nitrogens with zero attached hydrogens (tertiary/aromatic N) is 2. The van der Waals surface area contributed by atoms with Crippen LogP contribution >= 0.6 is 22.9 Å². The van der Waals surface area contributed by atoms with Crippen LogP contribution in [0.25, 0.3) is 0 Å². The summed E-state index contributed by atoms with van der Waals surface area (Å²) in [5.41, 5.74) is 2.65. The van der Waals surface area contributed by atoms with E-state index in [-0.39, 0.29) is 34.1 Å². The number of anilines is 1. The van der Waals surface area contributed by atoms with Gasteiger partial charge in [0.2, 0.25) is 15.9 Å². The lowest BCUT2D eigenvalue weighted by Gasteiger charge is -2.35. The summed E-state index contributed by atoms with van der Waals surface area (Å²) in [6, 6.07) is 16.6. The van der Waals surface area contributed by atoms with Crippen LogP contribution in [0.15, 0.2) is 64.9 Å². The van der Waals surface area contributed by atoms with E-state index >= 15 is 0 Å². The summed E-state index contributed by atoms with van der Waals surface area (Å²) in [6.45, 7) is 0.916. The number of carbonyl (C=O) groups is 1. The van der Waals surface area contributed by atoms with Crippen LogP contribution in [0, 0.1) is 0 Å². The number of sulfonamides is 1. The van der Waals surface area contributed by atoms with E-state index in [2.05, 4.69) is 33.8 Å². The van der Waals surface area contributed by atoms with Gasteiger partial charge < -0.3 is 5.32 Å². The van der Waals surface area contributed by atoms with Gasteiger partial charge in [-0.15, -0.1) is 11.3 Å². The first-order valence-electron chi connectivity index (χ1n) is 10.1. The quantitative estimate of drug-likeness (QED) is 0.562. The SMILES string of the molecule is CN(C)S(=O)(=O)c1ccc(Cl)c(NC(=O)CN2CCc3sccc3[C@H]2c2ccccc2)c1. The first kappa shape index (κ1) is 22.9. The van der Waals surface area contributed by atoms with Gasteiger partial charge in [-0.1, -0.05) is 41.9 Å². The number of benzene rings is 2. The van der Waals surface area contributed by atoms with Crippen LogP contribution in [0.3, 0.4) is 0 Å². The number of carbonyl (C=O) groups excluding carboxylic acids is 1. The Morgan fingerprint density at radius 1 is 1.19 bits per heavy atom. The zero-order valence-electron chi connectivity index (χ0n) is 17.8. The molecule has 9 heteroatoms. The fourth-order valence-corrected chi connectivity index (χ4v) is 5.91. The van der Waals surface area contributed by atoms with Crippen molar-refractivity contribution in [2.24, 2.45) is 0 Å². The predicted octanol–water partition coefficient (Wildman–Crippen LogP) is 4.24. The Morgan fingerprint density at radius 3 is 2.66 bits per heavy atom. The lowest BCUT2D eigenvalue weighted by atomic mass is 9.93. The van der Waals surface area contributed by atoms with Crippen molar-refractivity contribution in [3.8, 4) is 0 Å². The second-order valence-corrected chi connectivity index (χ2v) is 11.4. The Bertz CT molecular complexity index is 1230. The van der Waals surface area contributed by atoms with Crippen LogP contribution in [0.5, 0.6) is 0 Å². The van der Waals surface area contributed by atoms with Crippen molar-refractivity contribution in [2.75, 3.05) is 32.5 Å². The van der Waals surface area contributed by atoms with Crippen molar-refractivity contribution in [1.29, 1.82) is 0 Å². The average Bonchev–Trinajstić information content (AvgIpc) is 3.24. The molecule has 0 spiro atoms. The van der Waals surface area contributed by atoms with Crippen molar-refractivity contribution in [3.63, 3.8) is 0 Å². The molecule has 4 rings (SSSR count). The fraction of sp³-hybridized carbons (Fsp3) is 0.261. The molecule has 168 valence electrons. The molecule has 1 amide bonds. The van der Waals surface area contributed by atoms with Crippen molar-refractivity contribution in [2.45, 2.75) is 17.4 Å². The highest BCUT2D eigenvalue weighted by atomic mass is 35.5. The zero-order chi connectivity index (χ0) is 22.9. The highest BCUT2D eigenvalue weighted by molar-refractivity contribution is 7.89. The third-order valence-electron chi connectivity index (χ3n) is 5.52. The number of fused-ring (bicyclic) bond motifs is 1. The van der Waals surface area contributed by atoms with Crippen molar-refractivity contribution >= 4 is 44.6 Å². The summed E-state index contributed by atoms with van der Waals surface area (Å²) in [7, 11) is -0.718. The van der Waals surface area contributed by atoms with E-state index in [1.807, 2.05) is 18.2 Å². The van der Waals surface area contributed by atoms with Crippen molar-refractivity contribution in [3.05, 3.63) is 81.0 Å². The lowest BCUT2D eigenvalue weighted by Crippen LogP contribution is -2.40. The number of hydrogen-bond acceptors (Lipinski definition) is 5. The van der Waals surface area contributed by atoms with E-state index in [0.29, 0.717) is 0 Å². The van der Waals surface area contributed by atoms with E-state index in [4.69, 9.17) is 11.6 Å². The Morgan fingerprint density at radius 2 is 1.94 bits per heavy atom. The Balaban J connectivity index is 1.57. The molecule has 1 N–H and O–H groups in total. The molecule has 2 heterocycles. The van der Waals surface area contributed by atoms with Crippen LogP contribution < -0.4 is 5.32 Å². The minimum Gasteiger partial charge on any atom is -0.324 e. The second kappa shape index (κ2) is 9.33. The molecule has 0 radical (unpaired) electrons. The zero-order valence-corrected chi connectivity index (χ0v) is 20.2. The van der Waals surface area contributed by atoms with E-state index in [1.165, 1.54) is 42.7 Å². The van der Waals surface area contributed by atoms with Crippen molar-refractivity contribution < 1.29 is 13.2 Å². The molecule has 1 aliphatic heterocycles. The third-order valence-corrected chi connectivity index (χ3v) is 8.66. The molecule has 32 heavy (non-hydrogen) atoms. The summed E-state index contributed by atoms with van der Waals surface area (Å²) in [4.78, 5) is 16.6. The van der Waals surface area contributed by atoms with Gasteiger partial charge in [0.15, 0.2) is 0 Å². The molecular formula is C23H24ClN3O3S2. The number of nitrogens with one attached hydrogen (secondary N) is 1. The number of thiophene rings is 1. The number of rotatable bonds is 6. The molecule has 0 fully saturated rings. The fourth-order valence-electron chi connectivity index (χ4n) is 3.91. The van der Waals surface area contributed by atoms with E-state index in [1.54, 1.807) is 11.3 Å². The van der Waals surface area contributed by atoms with Gasteiger partial charge in [-0.25, -0.2) is 12.7 Å². The van der Waals surface area contributed by atoms with Crippen LogP contribution in [-0.4, -0.2) is 50.7 Å². The van der Waals surface area contributed by atoms with Crippen LogP contribution in [0.1, 0.15) is 22.0 Å². The molecule has 6 nitrogen and oxygen atoms in total. The standard InChI is InChI=1S/C23H24ClN3O3S2/c1-26(2)32(29,30)17-8-9-19(24)20(14-17)25-22(28)15-27-12-10-21-18(11-13-31-21)23(27)16-6-4-3-5-7-16/h3-9,11,13-14,23H,10,12,15H2,1-2H3,(H,25,28)/t23-/m1/s1. The molecule has 0 aliphatic carbocycles. The minimum absolute atomic E-state index is 0.00660. The number of halogens is 1. The highest BCUT2D eigenvalue weighted by Crippen LogP contribution is 2.37. The van der Waals surface area contributed by atoms with Gasteiger partial charge in [0.1, 0.15) is 0 Å². The first-order valence-corrected chi connectivity index (χ1v) is 12.8. The molecular weight excluding hydrogens is 466 g/mol. The molecule has 0 saturated carbocycles. The summed E-state index contributed by atoms with van der Waals surface area (Å²) in [5.74, 6) is -0.245. The van der Waals surface area contributed by atoms with Gasteiger partial charge in [0.05, 0.1) is 28.2 Å². The molecule has 1 aliphatic rings. The predicted molar refractivity (Wildman–Crippen MR) is 129 cm³/mol. The molecule has 2 aromatic carbocycles. The largest absolute Gasteiger partial charge is 0.324 e. The summed E-state index contributed by atoms with van der Waals surface area (Å²) in [6.07, 6.45) is 0.890. The van der Waals surface area contributed by atoms with Crippen LogP contribution in [0.2, 0.25) is 5.02 Å². The maximum atomic E-state index is 13.0. The van der Waals surface area contributed by atoms with E-state index in [9.17, 15) is 13.2 Å². The van der Waals surface area contributed by atoms with Gasteiger partial charge in [0.25, 0.3) is 0 Å². The van der Waals surface area contributed by atoms with Gasteiger partial charge in [-0.3, -0.25) is 9.69 Å². The Hall–Kier alpha value is -2.23. The minimum atomic E-state index is -3.64. The average molecular weight is 490 g/mol. The van der Waals surface area contributed by atoms with Gasteiger partial charge in [-0.2, -0.15) is 0 Å².